The highest BCUT2D eigenvalue weighted by molar-refractivity contribution is 6.20. The Balaban J connectivity index is 1.16. The highest BCUT2D eigenvalue weighted by atomic mass is 16.3. The van der Waals surface area contributed by atoms with Crippen molar-refractivity contribution in [3.8, 4) is 56.4 Å². The molecule has 0 aliphatic rings. The van der Waals surface area contributed by atoms with Crippen LogP contribution in [0.2, 0.25) is 0 Å². The maximum Gasteiger partial charge on any atom is 0.164 e. The Bertz CT molecular complexity index is 3260. The van der Waals surface area contributed by atoms with Crippen molar-refractivity contribution >= 4 is 54.3 Å². The summed E-state index contributed by atoms with van der Waals surface area (Å²) in [7, 11) is 0. The van der Waals surface area contributed by atoms with E-state index in [1.807, 2.05) is 18.2 Å². The average Bonchev–Trinajstić information content (AvgIpc) is 3.65. The minimum atomic E-state index is 0.609. The van der Waals surface area contributed by atoms with Gasteiger partial charge in [-0.15, -0.1) is 0 Å². The van der Waals surface area contributed by atoms with E-state index < -0.39 is 0 Å². The lowest BCUT2D eigenvalue weighted by molar-refractivity contribution is 0.674. The number of para-hydroxylation sites is 1. The van der Waals surface area contributed by atoms with E-state index in [1.54, 1.807) is 0 Å². The molecule has 256 valence electrons. The molecule has 0 saturated carbocycles. The Morgan fingerprint density at radius 2 is 0.818 bits per heavy atom. The SMILES string of the molecule is c1ccc(-c2nc(-c3ccc(-c4ccccc4)c4ccccc34)nc(-c3cc4c5cccc(-c6ccc7ccccc7c6)c5oc4c4ccccc34)n2)cc1. The summed E-state index contributed by atoms with van der Waals surface area (Å²) in [6.07, 6.45) is 0. The topological polar surface area (TPSA) is 51.8 Å². The molecule has 11 aromatic rings. The standard InChI is InChI=1S/C51H31N3O/c1-3-15-33(16-4-1)37-28-29-44(40-21-10-9-20-39(37)40)50-52-49(34-17-5-2-6-18-34)53-51(54-50)46-31-45-43-25-13-24-38(36-27-26-32-14-7-8-19-35(32)30-36)47(43)55-48(45)42-23-12-11-22-41(42)46/h1-31H. The number of hydrogen-bond acceptors (Lipinski definition) is 4. The van der Waals surface area contributed by atoms with Gasteiger partial charge >= 0.3 is 0 Å². The summed E-state index contributed by atoms with van der Waals surface area (Å²) < 4.78 is 6.88. The fraction of sp³-hybridized carbons (Fsp3) is 0. The van der Waals surface area contributed by atoms with Gasteiger partial charge in [0.1, 0.15) is 11.2 Å². The molecule has 11 rings (SSSR count). The van der Waals surface area contributed by atoms with Gasteiger partial charge in [0.15, 0.2) is 17.5 Å². The van der Waals surface area contributed by atoms with Crippen LogP contribution < -0.4 is 0 Å². The van der Waals surface area contributed by atoms with Gasteiger partial charge in [0.2, 0.25) is 0 Å². The molecule has 4 heteroatoms. The van der Waals surface area contributed by atoms with Crippen molar-refractivity contribution in [3.63, 3.8) is 0 Å². The quantitative estimate of drug-likeness (QED) is 0.179. The number of fused-ring (bicyclic) bond motifs is 7. The zero-order valence-corrected chi connectivity index (χ0v) is 29.6. The molecule has 0 radical (unpaired) electrons. The van der Waals surface area contributed by atoms with Crippen LogP contribution in [0.3, 0.4) is 0 Å². The van der Waals surface area contributed by atoms with Crippen molar-refractivity contribution in [1.82, 2.24) is 15.0 Å². The Kier molecular flexibility index (Phi) is 7.14. The predicted octanol–water partition coefficient (Wildman–Crippen LogP) is 13.6. The molecule has 0 unspecified atom stereocenters. The number of furan rings is 1. The van der Waals surface area contributed by atoms with Crippen LogP contribution in [0.25, 0.3) is 111 Å². The van der Waals surface area contributed by atoms with Crippen LogP contribution in [0, 0.1) is 0 Å². The lowest BCUT2D eigenvalue weighted by Gasteiger charge is -2.14. The molecule has 0 bridgehead atoms. The van der Waals surface area contributed by atoms with Gasteiger partial charge in [0.25, 0.3) is 0 Å². The summed E-state index contributed by atoms with van der Waals surface area (Å²) in [5.74, 6) is 1.86. The van der Waals surface area contributed by atoms with Crippen LogP contribution in [-0.2, 0) is 0 Å². The number of aromatic nitrogens is 3. The first-order chi connectivity index (χ1) is 27.3. The summed E-state index contributed by atoms with van der Waals surface area (Å²) in [5.41, 5.74) is 9.04. The third-order valence-corrected chi connectivity index (χ3v) is 10.7. The van der Waals surface area contributed by atoms with Crippen molar-refractivity contribution in [2.24, 2.45) is 0 Å². The maximum atomic E-state index is 6.88. The smallest absolute Gasteiger partial charge is 0.164 e. The fourth-order valence-electron chi connectivity index (χ4n) is 8.09. The predicted molar refractivity (Wildman–Crippen MR) is 227 cm³/mol. The van der Waals surface area contributed by atoms with Crippen molar-refractivity contribution in [1.29, 1.82) is 0 Å². The van der Waals surface area contributed by atoms with E-state index in [0.717, 1.165) is 71.3 Å². The Labute approximate surface area is 317 Å². The van der Waals surface area contributed by atoms with E-state index in [0.29, 0.717) is 17.5 Å². The van der Waals surface area contributed by atoms with Crippen molar-refractivity contribution < 1.29 is 4.42 Å². The second-order valence-corrected chi connectivity index (χ2v) is 13.9. The van der Waals surface area contributed by atoms with Gasteiger partial charge in [-0.3, -0.25) is 0 Å². The molecule has 0 amide bonds. The normalized spacial score (nSPS) is 11.6. The molecule has 0 fully saturated rings. The average molecular weight is 702 g/mol. The van der Waals surface area contributed by atoms with E-state index in [9.17, 15) is 0 Å². The lowest BCUT2D eigenvalue weighted by Crippen LogP contribution is -2.01. The number of nitrogens with zero attached hydrogens (tertiary/aromatic N) is 3. The molecule has 0 spiro atoms. The van der Waals surface area contributed by atoms with E-state index in [4.69, 9.17) is 19.4 Å². The van der Waals surface area contributed by atoms with Crippen LogP contribution in [0.1, 0.15) is 0 Å². The summed E-state index contributed by atoms with van der Waals surface area (Å²) in [5, 5.41) is 8.74. The van der Waals surface area contributed by atoms with Crippen molar-refractivity contribution in [3.05, 3.63) is 188 Å². The molecule has 2 heterocycles. The third-order valence-electron chi connectivity index (χ3n) is 10.7. The van der Waals surface area contributed by atoms with E-state index in [1.165, 1.54) is 21.9 Å². The summed E-state index contributed by atoms with van der Waals surface area (Å²) in [4.78, 5) is 15.7. The largest absolute Gasteiger partial charge is 0.455 e. The maximum absolute atomic E-state index is 6.88. The molecule has 0 atom stereocenters. The number of rotatable bonds is 5. The monoisotopic (exact) mass is 701 g/mol. The Morgan fingerprint density at radius 1 is 0.273 bits per heavy atom. The zero-order valence-electron chi connectivity index (χ0n) is 29.6. The van der Waals surface area contributed by atoms with Crippen LogP contribution in [0.5, 0.6) is 0 Å². The molecule has 0 saturated heterocycles. The first kappa shape index (κ1) is 31.1. The first-order valence-corrected chi connectivity index (χ1v) is 18.5. The van der Waals surface area contributed by atoms with Gasteiger partial charge in [-0.1, -0.05) is 170 Å². The zero-order chi connectivity index (χ0) is 36.3. The third kappa shape index (κ3) is 5.19. The molecule has 9 aromatic carbocycles. The van der Waals surface area contributed by atoms with Gasteiger partial charge < -0.3 is 4.42 Å². The molecule has 4 nitrogen and oxygen atoms in total. The molecular weight excluding hydrogens is 671 g/mol. The molecule has 55 heavy (non-hydrogen) atoms. The van der Waals surface area contributed by atoms with E-state index in [-0.39, 0.29) is 0 Å². The van der Waals surface area contributed by atoms with E-state index >= 15 is 0 Å². The van der Waals surface area contributed by atoms with Crippen molar-refractivity contribution in [2.75, 3.05) is 0 Å². The Morgan fingerprint density at radius 3 is 1.58 bits per heavy atom. The first-order valence-electron chi connectivity index (χ1n) is 18.5. The van der Waals surface area contributed by atoms with Gasteiger partial charge in [0.05, 0.1) is 0 Å². The molecule has 0 N–H and O–H groups in total. The van der Waals surface area contributed by atoms with E-state index in [2.05, 4.69) is 170 Å². The second-order valence-electron chi connectivity index (χ2n) is 13.9. The highest BCUT2D eigenvalue weighted by Gasteiger charge is 2.21. The Hall–Kier alpha value is -7.43. The van der Waals surface area contributed by atoms with Gasteiger partial charge in [-0.25, -0.2) is 15.0 Å². The van der Waals surface area contributed by atoms with Crippen molar-refractivity contribution in [2.45, 2.75) is 0 Å². The minimum Gasteiger partial charge on any atom is -0.455 e. The van der Waals surface area contributed by atoms with Crippen LogP contribution in [0.4, 0.5) is 0 Å². The number of hydrogen-bond donors (Lipinski definition) is 0. The number of benzene rings is 9. The van der Waals surface area contributed by atoms with Crippen LogP contribution in [-0.4, -0.2) is 15.0 Å². The molecular formula is C51H31N3O. The summed E-state index contributed by atoms with van der Waals surface area (Å²) in [6.45, 7) is 0. The summed E-state index contributed by atoms with van der Waals surface area (Å²) in [6, 6.07) is 65.6. The highest BCUT2D eigenvalue weighted by Crippen LogP contribution is 2.43. The molecule has 0 aliphatic carbocycles. The summed E-state index contributed by atoms with van der Waals surface area (Å²) >= 11 is 0. The fourth-order valence-corrected chi connectivity index (χ4v) is 8.09. The van der Waals surface area contributed by atoms with Crippen LogP contribution >= 0.6 is 0 Å². The van der Waals surface area contributed by atoms with Gasteiger partial charge in [-0.2, -0.15) is 0 Å². The van der Waals surface area contributed by atoms with Crippen LogP contribution in [0.15, 0.2) is 192 Å². The lowest BCUT2D eigenvalue weighted by atomic mass is 9.94. The molecule has 2 aromatic heterocycles. The second kappa shape index (κ2) is 12.6. The minimum absolute atomic E-state index is 0.609. The van der Waals surface area contributed by atoms with Gasteiger partial charge in [-0.05, 0) is 61.8 Å². The van der Waals surface area contributed by atoms with Gasteiger partial charge in [0, 0.05) is 38.4 Å². The molecule has 0 aliphatic heterocycles.